The monoisotopic (exact) mass is 385 g/mol. The van der Waals surface area contributed by atoms with Crippen LogP contribution in [0.4, 0.5) is 5.69 Å². The van der Waals surface area contributed by atoms with Gasteiger partial charge in [-0.1, -0.05) is 48.0 Å². The van der Waals surface area contributed by atoms with E-state index in [1.807, 2.05) is 49.4 Å². The Hall–Kier alpha value is -3.47. The van der Waals surface area contributed by atoms with Gasteiger partial charge < -0.3 is 10.2 Å². The van der Waals surface area contributed by atoms with E-state index >= 15 is 0 Å². The van der Waals surface area contributed by atoms with Gasteiger partial charge >= 0.3 is 0 Å². The Morgan fingerprint density at radius 3 is 2.72 bits per heavy atom. The van der Waals surface area contributed by atoms with Gasteiger partial charge in [-0.2, -0.15) is 0 Å². The van der Waals surface area contributed by atoms with Gasteiger partial charge in [0, 0.05) is 31.2 Å². The van der Waals surface area contributed by atoms with Crippen LogP contribution < -0.4 is 10.2 Å². The van der Waals surface area contributed by atoms with E-state index in [4.69, 9.17) is 0 Å². The first-order valence-electron chi connectivity index (χ1n) is 9.80. The Morgan fingerprint density at radius 2 is 1.86 bits per heavy atom. The number of anilines is 1. The standard InChI is InChI=1S/C24H23N3O2/c1-17-6-4-7-18(12-17)14-26-23(28)20-13-21(16-25-15-20)24(29)27-11-5-9-19-8-2-3-10-22(19)27/h2-4,6-8,10,12-13,15-16H,5,9,11,14H2,1H3,(H,26,28). The highest BCUT2D eigenvalue weighted by Crippen LogP contribution is 2.28. The zero-order chi connectivity index (χ0) is 20.2. The first-order chi connectivity index (χ1) is 14.1. The summed E-state index contributed by atoms with van der Waals surface area (Å²) in [5.74, 6) is -0.370. The molecule has 1 aromatic heterocycles. The van der Waals surface area contributed by atoms with Crippen molar-refractivity contribution in [3.8, 4) is 0 Å². The molecule has 1 N–H and O–H groups in total. The smallest absolute Gasteiger partial charge is 0.259 e. The number of aryl methyl sites for hydroxylation is 2. The largest absolute Gasteiger partial charge is 0.348 e. The Morgan fingerprint density at radius 1 is 1.03 bits per heavy atom. The minimum atomic E-state index is -0.243. The van der Waals surface area contributed by atoms with Crippen LogP contribution >= 0.6 is 0 Å². The molecule has 0 radical (unpaired) electrons. The van der Waals surface area contributed by atoms with E-state index in [9.17, 15) is 9.59 Å². The number of hydrogen-bond donors (Lipinski definition) is 1. The van der Waals surface area contributed by atoms with Gasteiger partial charge in [-0.15, -0.1) is 0 Å². The molecule has 1 aliphatic heterocycles. The van der Waals surface area contributed by atoms with Crippen LogP contribution in [0.5, 0.6) is 0 Å². The highest BCUT2D eigenvalue weighted by Gasteiger charge is 2.24. The molecule has 1 aliphatic rings. The first kappa shape index (κ1) is 18.9. The lowest BCUT2D eigenvalue weighted by Gasteiger charge is -2.29. The van der Waals surface area contributed by atoms with E-state index < -0.39 is 0 Å². The molecule has 2 aromatic carbocycles. The predicted molar refractivity (Wildman–Crippen MR) is 113 cm³/mol. The number of nitrogens with one attached hydrogen (secondary N) is 1. The number of aromatic nitrogens is 1. The molecule has 0 atom stereocenters. The van der Waals surface area contributed by atoms with Crippen molar-refractivity contribution in [2.24, 2.45) is 0 Å². The van der Waals surface area contributed by atoms with Gasteiger partial charge in [-0.25, -0.2) is 0 Å². The van der Waals surface area contributed by atoms with Gasteiger partial charge in [0.05, 0.1) is 11.1 Å². The molecule has 0 aliphatic carbocycles. The summed E-state index contributed by atoms with van der Waals surface area (Å²) >= 11 is 0. The highest BCUT2D eigenvalue weighted by atomic mass is 16.2. The van der Waals surface area contributed by atoms with Gasteiger partial charge in [0.25, 0.3) is 11.8 Å². The van der Waals surface area contributed by atoms with Crippen molar-refractivity contribution in [2.75, 3.05) is 11.4 Å². The van der Waals surface area contributed by atoms with Gasteiger partial charge in [0.1, 0.15) is 0 Å². The molecule has 0 saturated carbocycles. The second-order valence-electron chi connectivity index (χ2n) is 7.32. The Labute approximate surface area is 170 Å². The fraction of sp³-hybridized carbons (Fsp3) is 0.208. The minimum absolute atomic E-state index is 0.127. The molecule has 5 nitrogen and oxygen atoms in total. The summed E-state index contributed by atoms with van der Waals surface area (Å²) in [5.41, 5.74) is 5.10. The van der Waals surface area contributed by atoms with Crippen LogP contribution in [-0.2, 0) is 13.0 Å². The molecule has 0 bridgehead atoms. The average Bonchev–Trinajstić information content (AvgIpc) is 2.76. The number of rotatable bonds is 4. The van der Waals surface area contributed by atoms with Crippen molar-refractivity contribution in [2.45, 2.75) is 26.3 Å². The molecule has 3 aromatic rings. The number of benzene rings is 2. The fourth-order valence-corrected chi connectivity index (χ4v) is 3.69. The molecule has 5 heteroatoms. The summed E-state index contributed by atoms with van der Waals surface area (Å²) in [4.78, 5) is 31.6. The second-order valence-corrected chi connectivity index (χ2v) is 7.32. The van der Waals surface area contributed by atoms with Crippen molar-refractivity contribution in [1.82, 2.24) is 10.3 Å². The number of carbonyl (C=O) groups is 2. The van der Waals surface area contributed by atoms with E-state index in [-0.39, 0.29) is 11.8 Å². The summed E-state index contributed by atoms with van der Waals surface area (Å²) in [6.07, 6.45) is 4.91. The van der Waals surface area contributed by atoms with E-state index in [1.54, 1.807) is 11.0 Å². The Balaban J connectivity index is 1.50. The lowest BCUT2D eigenvalue weighted by Crippen LogP contribution is -2.35. The SMILES string of the molecule is Cc1cccc(CNC(=O)c2cncc(C(=O)N3CCCc4ccccc43)c2)c1. The van der Waals surface area contributed by atoms with Crippen molar-refractivity contribution in [3.63, 3.8) is 0 Å². The van der Waals surface area contributed by atoms with Crippen LogP contribution in [0.3, 0.4) is 0 Å². The van der Waals surface area contributed by atoms with E-state index in [1.165, 1.54) is 18.0 Å². The number of amides is 2. The molecule has 2 amide bonds. The average molecular weight is 385 g/mol. The number of carbonyl (C=O) groups excluding carboxylic acids is 2. The third-order valence-electron chi connectivity index (χ3n) is 5.14. The number of nitrogens with zero attached hydrogens (tertiary/aromatic N) is 2. The molecule has 0 fully saturated rings. The lowest BCUT2D eigenvalue weighted by atomic mass is 10.0. The summed E-state index contributed by atoms with van der Waals surface area (Å²) in [5, 5.41) is 2.90. The molecule has 29 heavy (non-hydrogen) atoms. The van der Waals surface area contributed by atoms with Crippen molar-refractivity contribution >= 4 is 17.5 Å². The number of fused-ring (bicyclic) bond motifs is 1. The number of para-hydroxylation sites is 1. The zero-order valence-electron chi connectivity index (χ0n) is 16.4. The number of pyridine rings is 1. The molecule has 146 valence electrons. The Bertz CT molecular complexity index is 1060. The molecular formula is C24H23N3O2. The molecule has 0 unspecified atom stereocenters. The van der Waals surface area contributed by atoms with Gasteiger partial charge in [-0.3, -0.25) is 14.6 Å². The summed E-state index contributed by atoms with van der Waals surface area (Å²) in [7, 11) is 0. The van der Waals surface area contributed by atoms with Gasteiger partial charge in [0.15, 0.2) is 0 Å². The van der Waals surface area contributed by atoms with Gasteiger partial charge in [-0.05, 0) is 43.0 Å². The summed E-state index contributed by atoms with van der Waals surface area (Å²) in [6, 6.07) is 17.6. The molecule has 0 spiro atoms. The van der Waals surface area contributed by atoms with Crippen LogP contribution in [0.1, 0.15) is 43.8 Å². The molecule has 4 rings (SSSR count). The summed E-state index contributed by atoms with van der Waals surface area (Å²) < 4.78 is 0. The highest BCUT2D eigenvalue weighted by molar-refractivity contribution is 6.08. The maximum absolute atomic E-state index is 13.1. The quantitative estimate of drug-likeness (QED) is 0.741. The van der Waals surface area contributed by atoms with Crippen LogP contribution in [0.2, 0.25) is 0 Å². The van der Waals surface area contributed by atoms with Crippen molar-refractivity contribution in [1.29, 1.82) is 0 Å². The minimum Gasteiger partial charge on any atom is -0.348 e. The van der Waals surface area contributed by atoms with Crippen LogP contribution in [0.25, 0.3) is 0 Å². The maximum atomic E-state index is 13.1. The first-order valence-corrected chi connectivity index (χ1v) is 9.80. The normalized spacial score (nSPS) is 12.9. The maximum Gasteiger partial charge on any atom is 0.259 e. The molecule has 0 saturated heterocycles. The van der Waals surface area contributed by atoms with Crippen LogP contribution in [0, 0.1) is 6.92 Å². The van der Waals surface area contributed by atoms with Gasteiger partial charge in [0.2, 0.25) is 0 Å². The van der Waals surface area contributed by atoms with E-state index in [2.05, 4.69) is 16.4 Å². The third-order valence-corrected chi connectivity index (χ3v) is 5.14. The second kappa shape index (κ2) is 8.27. The predicted octanol–water partition coefficient (Wildman–Crippen LogP) is 3.91. The number of hydrogen-bond acceptors (Lipinski definition) is 3. The van der Waals surface area contributed by atoms with Crippen molar-refractivity contribution in [3.05, 3.63) is 94.8 Å². The zero-order valence-corrected chi connectivity index (χ0v) is 16.4. The van der Waals surface area contributed by atoms with E-state index in [0.717, 1.165) is 29.7 Å². The van der Waals surface area contributed by atoms with E-state index in [0.29, 0.717) is 24.2 Å². The lowest BCUT2D eigenvalue weighted by molar-refractivity contribution is 0.0950. The topological polar surface area (TPSA) is 62.3 Å². The third kappa shape index (κ3) is 4.19. The van der Waals surface area contributed by atoms with Crippen LogP contribution in [-0.4, -0.2) is 23.3 Å². The van der Waals surface area contributed by atoms with Crippen molar-refractivity contribution < 1.29 is 9.59 Å². The fourth-order valence-electron chi connectivity index (χ4n) is 3.69. The summed E-state index contributed by atoms with van der Waals surface area (Å²) in [6.45, 7) is 3.11. The molecular weight excluding hydrogens is 362 g/mol. The van der Waals surface area contributed by atoms with Crippen LogP contribution in [0.15, 0.2) is 67.0 Å². The Kier molecular flexibility index (Phi) is 5.38. The molecule has 2 heterocycles.